The summed E-state index contributed by atoms with van der Waals surface area (Å²) >= 11 is 5.98. The molecule has 0 saturated carbocycles. The summed E-state index contributed by atoms with van der Waals surface area (Å²) in [5.41, 5.74) is 0.502. The zero-order valence-corrected chi connectivity index (χ0v) is 14.6. The molecule has 24 heavy (non-hydrogen) atoms. The van der Waals surface area contributed by atoms with E-state index < -0.39 is 6.10 Å². The quantitative estimate of drug-likeness (QED) is 0.815. The maximum absolute atomic E-state index is 12.5. The number of anilines is 1. The van der Waals surface area contributed by atoms with Crippen LogP contribution in [0.15, 0.2) is 42.5 Å². The Kier molecular flexibility index (Phi) is 6.32. The minimum absolute atomic E-state index is 0.277. The summed E-state index contributed by atoms with van der Waals surface area (Å²) in [5, 5.41) is 3.30. The van der Waals surface area contributed by atoms with Gasteiger partial charge in [0.2, 0.25) is 0 Å². The number of hydrogen-bond donors (Lipinski definition) is 1. The monoisotopic (exact) mass is 349 g/mol. The maximum atomic E-state index is 12.5. The van der Waals surface area contributed by atoms with Crippen molar-refractivity contribution in [1.82, 2.24) is 0 Å². The first-order chi connectivity index (χ1) is 11.6. The van der Waals surface area contributed by atoms with E-state index in [0.717, 1.165) is 0 Å². The van der Waals surface area contributed by atoms with Crippen molar-refractivity contribution in [1.29, 1.82) is 0 Å². The lowest BCUT2D eigenvalue weighted by molar-refractivity contribution is -0.122. The van der Waals surface area contributed by atoms with Crippen molar-refractivity contribution in [2.45, 2.75) is 19.4 Å². The lowest BCUT2D eigenvalue weighted by atomic mass is 10.2. The Balaban J connectivity index is 2.12. The summed E-state index contributed by atoms with van der Waals surface area (Å²) in [4.78, 5) is 12.5. The van der Waals surface area contributed by atoms with E-state index in [1.54, 1.807) is 43.5 Å². The van der Waals surface area contributed by atoms with Gasteiger partial charge in [-0.25, -0.2) is 0 Å². The second kappa shape index (κ2) is 8.45. The van der Waals surface area contributed by atoms with Crippen LogP contribution in [0.1, 0.15) is 13.3 Å². The number of halogens is 1. The van der Waals surface area contributed by atoms with Gasteiger partial charge in [0, 0.05) is 11.1 Å². The van der Waals surface area contributed by atoms with Gasteiger partial charge in [0.15, 0.2) is 6.10 Å². The van der Waals surface area contributed by atoms with E-state index >= 15 is 0 Å². The third-order valence-corrected chi connectivity index (χ3v) is 3.64. The van der Waals surface area contributed by atoms with Crippen molar-refractivity contribution in [3.63, 3.8) is 0 Å². The number of ether oxygens (including phenoxy) is 3. The van der Waals surface area contributed by atoms with Crippen LogP contribution in [-0.2, 0) is 4.79 Å². The summed E-state index contributed by atoms with van der Waals surface area (Å²) in [7, 11) is 3.11. The van der Waals surface area contributed by atoms with Gasteiger partial charge in [-0.15, -0.1) is 0 Å². The SMILES string of the molecule is CC[C@@H](Oc1cccc(OC)c1)C(=O)Nc1cc(Cl)ccc1OC. The van der Waals surface area contributed by atoms with Gasteiger partial charge in [-0.1, -0.05) is 24.6 Å². The molecule has 0 spiro atoms. The highest BCUT2D eigenvalue weighted by atomic mass is 35.5. The molecule has 0 aliphatic heterocycles. The van der Waals surface area contributed by atoms with Crippen molar-refractivity contribution in [3.8, 4) is 17.2 Å². The highest BCUT2D eigenvalue weighted by Gasteiger charge is 2.20. The Bertz CT molecular complexity index is 705. The van der Waals surface area contributed by atoms with Crippen LogP contribution in [0.25, 0.3) is 0 Å². The molecule has 0 aliphatic carbocycles. The van der Waals surface area contributed by atoms with Gasteiger partial charge in [0.25, 0.3) is 5.91 Å². The molecule has 0 aliphatic rings. The molecular weight excluding hydrogens is 330 g/mol. The normalized spacial score (nSPS) is 11.5. The number of nitrogens with one attached hydrogen (secondary N) is 1. The minimum atomic E-state index is -0.652. The Morgan fingerprint density at radius 1 is 1.12 bits per heavy atom. The van der Waals surface area contributed by atoms with Crippen LogP contribution in [0, 0.1) is 0 Å². The van der Waals surface area contributed by atoms with E-state index in [-0.39, 0.29) is 5.91 Å². The van der Waals surface area contributed by atoms with Crippen molar-refractivity contribution < 1.29 is 19.0 Å². The predicted molar refractivity (Wildman–Crippen MR) is 94.3 cm³/mol. The number of hydrogen-bond acceptors (Lipinski definition) is 4. The van der Waals surface area contributed by atoms with Gasteiger partial charge in [-0.05, 0) is 36.8 Å². The number of carbonyl (C=O) groups excluding carboxylic acids is 1. The molecule has 1 atom stereocenters. The van der Waals surface area contributed by atoms with Crippen LogP contribution in [0.5, 0.6) is 17.2 Å². The third-order valence-electron chi connectivity index (χ3n) is 3.40. The van der Waals surface area contributed by atoms with E-state index in [0.29, 0.717) is 34.4 Å². The molecule has 0 heterocycles. The Morgan fingerprint density at radius 2 is 1.88 bits per heavy atom. The van der Waals surface area contributed by atoms with Crippen LogP contribution < -0.4 is 19.5 Å². The average molecular weight is 350 g/mol. The summed E-state index contributed by atoms with van der Waals surface area (Å²) < 4.78 is 16.2. The molecule has 2 aromatic carbocycles. The van der Waals surface area contributed by atoms with Crippen LogP contribution >= 0.6 is 11.6 Å². The van der Waals surface area contributed by atoms with Crippen molar-refractivity contribution in [2.75, 3.05) is 19.5 Å². The van der Waals surface area contributed by atoms with E-state index in [1.165, 1.54) is 7.11 Å². The molecule has 0 radical (unpaired) electrons. The van der Waals surface area contributed by atoms with Gasteiger partial charge in [-0.2, -0.15) is 0 Å². The Hall–Kier alpha value is -2.40. The van der Waals surface area contributed by atoms with Crippen LogP contribution in [0.4, 0.5) is 5.69 Å². The fraction of sp³-hybridized carbons (Fsp3) is 0.278. The third kappa shape index (κ3) is 4.55. The molecule has 6 heteroatoms. The molecule has 2 rings (SSSR count). The Morgan fingerprint density at radius 3 is 2.54 bits per heavy atom. The van der Waals surface area contributed by atoms with Crippen molar-refractivity contribution in [2.24, 2.45) is 0 Å². The maximum Gasteiger partial charge on any atom is 0.265 e. The van der Waals surface area contributed by atoms with E-state index in [4.69, 9.17) is 25.8 Å². The summed E-state index contributed by atoms with van der Waals surface area (Å²) in [6, 6.07) is 12.1. The second-order valence-corrected chi connectivity index (χ2v) is 5.46. The molecule has 0 bridgehead atoms. The number of amides is 1. The average Bonchev–Trinajstić information content (AvgIpc) is 2.60. The van der Waals surface area contributed by atoms with E-state index in [2.05, 4.69) is 5.32 Å². The van der Waals surface area contributed by atoms with Crippen LogP contribution in [0.2, 0.25) is 5.02 Å². The molecule has 0 saturated heterocycles. The lowest BCUT2D eigenvalue weighted by Crippen LogP contribution is -2.32. The Labute approximate surface area is 146 Å². The molecule has 0 unspecified atom stereocenters. The molecule has 1 N–H and O–H groups in total. The van der Waals surface area contributed by atoms with Gasteiger partial charge < -0.3 is 19.5 Å². The van der Waals surface area contributed by atoms with Gasteiger partial charge in [0.1, 0.15) is 17.2 Å². The lowest BCUT2D eigenvalue weighted by Gasteiger charge is -2.18. The van der Waals surface area contributed by atoms with Crippen LogP contribution in [0.3, 0.4) is 0 Å². The molecular formula is C18H20ClNO4. The molecule has 128 valence electrons. The zero-order chi connectivity index (χ0) is 17.5. The first kappa shape index (κ1) is 17.9. The summed E-state index contributed by atoms with van der Waals surface area (Å²) in [6.07, 6.45) is -0.146. The standard InChI is InChI=1S/C18H20ClNO4/c1-4-16(24-14-7-5-6-13(11-14)22-2)18(21)20-15-10-12(19)8-9-17(15)23-3/h5-11,16H,4H2,1-3H3,(H,20,21)/t16-/m1/s1. The molecule has 0 aromatic heterocycles. The molecule has 1 amide bonds. The van der Waals surface area contributed by atoms with Gasteiger partial charge >= 0.3 is 0 Å². The second-order valence-electron chi connectivity index (χ2n) is 5.03. The summed E-state index contributed by atoms with van der Waals surface area (Å²) in [5.74, 6) is 1.48. The van der Waals surface area contributed by atoms with Gasteiger partial charge in [0.05, 0.1) is 19.9 Å². The number of carbonyl (C=O) groups is 1. The predicted octanol–water partition coefficient (Wildman–Crippen LogP) is 4.15. The highest BCUT2D eigenvalue weighted by molar-refractivity contribution is 6.31. The number of methoxy groups -OCH3 is 2. The van der Waals surface area contributed by atoms with Crippen molar-refractivity contribution >= 4 is 23.2 Å². The molecule has 2 aromatic rings. The fourth-order valence-electron chi connectivity index (χ4n) is 2.15. The number of benzene rings is 2. The molecule has 0 fully saturated rings. The van der Waals surface area contributed by atoms with E-state index in [1.807, 2.05) is 13.0 Å². The van der Waals surface area contributed by atoms with E-state index in [9.17, 15) is 4.79 Å². The highest BCUT2D eigenvalue weighted by Crippen LogP contribution is 2.28. The minimum Gasteiger partial charge on any atom is -0.497 e. The topological polar surface area (TPSA) is 56.8 Å². The van der Waals surface area contributed by atoms with Crippen molar-refractivity contribution in [3.05, 3.63) is 47.5 Å². The number of rotatable bonds is 7. The van der Waals surface area contributed by atoms with Gasteiger partial charge in [-0.3, -0.25) is 4.79 Å². The zero-order valence-electron chi connectivity index (χ0n) is 13.8. The smallest absolute Gasteiger partial charge is 0.265 e. The molecule has 5 nitrogen and oxygen atoms in total. The first-order valence-electron chi connectivity index (χ1n) is 7.52. The van der Waals surface area contributed by atoms with Crippen LogP contribution in [-0.4, -0.2) is 26.2 Å². The fourth-order valence-corrected chi connectivity index (χ4v) is 2.32. The summed E-state index contributed by atoms with van der Waals surface area (Å²) in [6.45, 7) is 1.87. The largest absolute Gasteiger partial charge is 0.497 e. The first-order valence-corrected chi connectivity index (χ1v) is 7.90.